The van der Waals surface area contributed by atoms with E-state index >= 15 is 0 Å². The quantitative estimate of drug-likeness (QED) is 0.222. The Hall–Kier alpha value is -4.22. The fourth-order valence-corrected chi connectivity index (χ4v) is 6.93. The topological polar surface area (TPSA) is 132 Å². The number of amides is 1. The second-order valence-electron chi connectivity index (χ2n) is 12.4. The average molecular weight is 649 g/mol. The second-order valence-corrected chi connectivity index (χ2v) is 14.5. The van der Waals surface area contributed by atoms with E-state index in [2.05, 4.69) is 0 Å². The van der Waals surface area contributed by atoms with Gasteiger partial charge in [0.1, 0.15) is 11.4 Å². The molecule has 0 fully saturated rings. The van der Waals surface area contributed by atoms with Crippen molar-refractivity contribution in [3.05, 3.63) is 95.6 Å². The van der Waals surface area contributed by atoms with E-state index in [-0.39, 0.29) is 49.1 Å². The maximum atomic E-state index is 14.7. The lowest BCUT2D eigenvalue weighted by atomic mass is 9.83. The van der Waals surface area contributed by atoms with Gasteiger partial charge in [0.25, 0.3) is 5.91 Å². The zero-order valence-electron chi connectivity index (χ0n) is 26.3. The molecule has 3 aromatic rings. The first-order valence-corrected chi connectivity index (χ1v) is 17.0. The van der Waals surface area contributed by atoms with E-state index in [0.29, 0.717) is 24.3 Å². The van der Waals surface area contributed by atoms with Crippen molar-refractivity contribution < 1.29 is 37.3 Å². The monoisotopic (exact) mass is 648 g/mol. The van der Waals surface area contributed by atoms with Gasteiger partial charge < -0.3 is 24.2 Å². The Morgan fingerprint density at radius 3 is 2.43 bits per heavy atom. The van der Waals surface area contributed by atoms with E-state index in [4.69, 9.17) is 24.3 Å². The molecule has 0 aromatic heterocycles. The Bertz CT molecular complexity index is 1680. The number of aliphatic hydroxyl groups is 1. The standard InChI is InChI=1S/C35H40N2O8S/c1-34(2,3)45-30(39)18-19-35-31(44-32(36-35)25-14-16-27(17-15-25)43-22-9-21-38)29-13-8-7-10-26(29)24-37(33(35)40)20-23-46(41,42)28-11-5-4-6-12-28/h4-8,10-17,31,38H,9,18-24H2,1-3H3/t31-,35-/m1/s1. The summed E-state index contributed by atoms with van der Waals surface area (Å²) in [6.45, 7) is 5.82. The highest BCUT2D eigenvalue weighted by molar-refractivity contribution is 7.91. The lowest BCUT2D eigenvalue weighted by Gasteiger charge is -2.32. The Labute approximate surface area is 269 Å². The molecule has 0 bridgehead atoms. The van der Waals surface area contributed by atoms with E-state index in [1.54, 1.807) is 63.2 Å². The minimum atomic E-state index is -3.69. The average Bonchev–Trinajstić information content (AvgIpc) is 3.39. The SMILES string of the molecule is CC(C)(C)OC(=O)CC[C@@]12N=C(c3ccc(OCCCO)cc3)O[C@@H]1c1ccccc1CN(CCS(=O)(=O)c1ccccc1)C2=O. The molecule has 46 heavy (non-hydrogen) atoms. The molecule has 11 heteroatoms. The molecule has 1 amide bonds. The van der Waals surface area contributed by atoms with Crippen LogP contribution in [0.1, 0.15) is 62.8 Å². The van der Waals surface area contributed by atoms with E-state index in [0.717, 1.165) is 11.1 Å². The smallest absolute Gasteiger partial charge is 0.306 e. The number of hydrogen-bond acceptors (Lipinski definition) is 9. The van der Waals surface area contributed by atoms with Gasteiger partial charge in [-0.15, -0.1) is 0 Å². The molecular formula is C35H40N2O8S. The van der Waals surface area contributed by atoms with Crippen LogP contribution in [0.4, 0.5) is 0 Å². The van der Waals surface area contributed by atoms with Crippen LogP contribution in [0.5, 0.6) is 5.75 Å². The highest BCUT2D eigenvalue weighted by Crippen LogP contribution is 2.47. The number of aliphatic imine (C=N–C) groups is 1. The maximum Gasteiger partial charge on any atom is 0.306 e. The molecule has 2 heterocycles. The third-order valence-corrected chi connectivity index (χ3v) is 9.57. The van der Waals surface area contributed by atoms with Crippen molar-refractivity contribution in [2.75, 3.05) is 25.5 Å². The van der Waals surface area contributed by atoms with Gasteiger partial charge in [0, 0.05) is 43.7 Å². The zero-order valence-corrected chi connectivity index (χ0v) is 27.2. The predicted molar refractivity (Wildman–Crippen MR) is 172 cm³/mol. The van der Waals surface area contributed by atoms with Crippen LogP contribution in [-0.4, -0.2) is 72.8 Å². The maximum absolute atomic E-state index is 14.7. The minimum Gasteiger partial charge on any atom is -0.494 e. The van der Waals surface area contributed by atoms with Crippen LogP contribution in [0, 0.1) is 0 Å². The van der Waals surface area contributed by atoms with Gasteiger partial charge in [-0.2, -0.15) is 0 Å². The van der Waals surface area contributed by atoms with E-state index in [1.807, 2.05) is 24.3 Å². The number of fused-ring (bicyclic) bond motifs is 3. The fraction of sp³-hybridized carbons (Fsp3) is 0.400. The first-order chi connectivity index (χ1) is 21.9. The summed E-state index contributed by atoms with van der Waals surface area (Å²) in [5, 5.41) is 9.04. The van der Waals surface area contributed by atoms with Crippen molar-refractivity contribution >= 4 is 27.6 Å². The summed E-state index contributed by atoms with van der Waals surface area (Å²) in [5.41, 5.74) is -0.0979. The summed E-state index contributed by atoms with van der Waals surface area (Å²) in [6, 6.07) is 22.7. The molecule has 0 saturated heterocycles. The van der Waals surface area contributed by atoms with Crippen LogP contribution in [0.3, 0.4) is 0 Å². The number of carbonyl (C=O) groups is 2. The lowest BCUT2D eigenvalue weighted by Crippen LogP contribution is -2.49. The van der Waals surface area contributed by atoms with Crippen LogP contribution < -0.4 is 4.74 Å². The van der Waals surface area contributed by atoms with Gasteiger partial charge in [-0.05, 0) is 69.2 Å². The number of aliphatic hydroxyl groups excluding tert-OH is 1. The van der Waals surface area contributed by atoms with Gasteiger partial charge in [0.15, 0.2) is 21.5 Å². The number of ether oxygens (including phenoxy) is 3. The molecule has 2 aliphatic heterocycles. The van der Waals surface area contributed by atoms with Crippen molar-refractivity contribution in [1.82, 2.24) is 4.90 Å². The van der Waals surface area contributed by atoms with Crippen molar-refractivity contribution in [3.63, 3.8) is 0 Å². The van der Waals surface area contributed by atoms with Crippen LogP contribution >= 0.6 is 0 Å². The number of carbonyl (C=O) groups excluding carboxylic acids is 2. The molecule has 5 rings (SSSR count). The Morgan fingerprint density at radius 1 is 1.04 bits per heavy atom. The summed E-state index contributed by atoms with van der Waals surface area (Å²) in [7, 11) is -3.69. The predicted octanol–water partition coefficient (Wildman–Crippen LogP) is 4.64. The normalized spacial score (nSPS) is 19.4. The molecular weight excluding hydrogens is 608 g/mol. The molecule has 0 spiro atoms. The molecule has 1 N–H and O–H groups in total. The molecule has 2 aliphatic rings. The molecule has 0 radical (unpaired) electrons. The summed E-state index contributed by atoms with van der Waals surface area (Å²) < 4.78 is 44.3. The van der Waals surface area contributed by atoms with Crippen molar-refractivity contribution in [2.24, 2.45) is 4.99 Å². The first kappa shape index (κ1) is 33.2. The van der Waals surface area contributed by atoms with Gasteiger partial charge in [-0.25, -0.2) is 13.4 Å². The van der Waals surface area contributed by atoms with Gasteiger partial charge in [-0.3, -0.25) is 9.59 Å². The highest BCUT2D eigenvalue weighted by atomic mass is 32.2. The van der Waals surface area contributed by atoms with Crippen LogP contribution in [0.2, 0.25) is 0 Å². The van der Waals surface area contributed by atoms with Crippen LogP contribution in [0.15, 0.2) is 88.8 Å². The van der Waals surface area contributed by atoms with Gasteiger partial charge in [0.2, 0.25) is 5.90 Å². The number of hydrogen-bond donors (Lipinski definition) is 1. The highest BCUT2D eigenvalue weighted by Gasteiger charge is 2.56. The van der Waals surface area contributed by atoms with E-state index < -0.39 is 39.0 Å². The zero-order chi connectivity index (χ0) is 33.0. The van der Waals surface area contributed by atoms with Gasteiger partial charge >= 0.3 is 5.97 Å². The number of nitrogens with zero attached hydrogens (tertiary/aromatic N) is 2. The Morgan fingerprint density at radius 2 is 1.74 bits per heavy atom. The van der Waals surface area contributed by atoms with Gasteiger partial charge in [-0.1, -0.05) is 42.5 Å². The summed E-state index contributed by atoms with van der Waals surface area (Å²) in [6.07, 6.45) is -0.461. The van der Waals surface area contributed by atoms with Crippen molar-refractivity contribution in [3.8, 4) is 5.75 Å². The first-order valence-electron chi connectivity index (χ1n) is 15.4. The molecule has 2 atom stereocenters. The molecule has 0 unspecified atom stereocenters. The minimum absolute atomic E-state index is 0.00641. The fourth-order valence-electron chi connectivity index (χ4n) is 5.66. The molecule has 0 aliphatic carbocycles. The van der Waals surface area contributed by atoms with Crippen LogP contribution in [0.25, 0.3) is 0 Å². The molecule has 3 aromatic carbocycles. The number of benzene rings is 3. The lowest BCUT2D eigenvalue weighted by molar-refractivity contribution is -0.155. The third-order valence-electron chi connectivity index (χ3n) is 7.86. The summed E-state index contributed by atoms with van der Waals surface area (Å²) >= 11 is 0. The number of esters is 1. The Kier molecular flexibility index (Phi) is 9.83. The molecule has 244 valence electrons. The van der Waals surface area contributed by atoms with E-state index in [9.17, 15) is 18.0 Å². The number of rotatable bonds is 12. The summed E-state index contributed by atoms with van der Waals surface area (Å²) in [5.74, 6) is -0.334. The van der Waals surface area contributed by atoms with Crippen molar-refractivity contribution in [2.45, 2.75) is 68.7 Å². The largest absolute Gasteiger partial charge is 0.494 e. The number of sulfone groups is 1. The van der Waals surface area contributed by atoms with E-state index in [1.165, 1.54) is 17.0 Å². The Balaban J connectivity index is 1.52. The molecule has 10 nitrogen and oxygen atoms in total. The molecule has 0 saturated carbocycles. The third kappa shape index (κ3) is 7.42. The van der Waals surface area contributed by atoms with Crippen LogP contribution in [-0.2, 0) is 35.4 Å². The van der Waals surface area contributed by atoms with Crippen molar-refractivity contribution in [1.29, 1.82) is 0 Å². The van der Waals surface area contributed by atoms with Gasteiger partial charge in [0.05, 0.1) is 17.3 Å². The summed E-state index contributed by atoms with van der Waals surface area (Å²) in [4.78, 5) is 34.3. The second kappa shape index (κ2) is 13.6.